The van der Waals surface area contributed by atoms with Crippen molar-refractivity contribution < 1.29 is 9.53 Å². The van der Waals surface area contributed by atoms with Crippen molar-refractivity contribution in [1.29, 1.82) is 0 Å². The van der Waals surface area contributed by atoms with Crippen LogP contribution in [-0.2, 0) is 9.53 Å². The number of hydrogen-bond donors (Lipinski definition) is 1. The van der Waals surface area contributed by atoms with Crippen molar-refractivity contribution >= 4 is 30.7 Å². The van der Waals surface area contributed by atoms with Gasteiger partial charge in [0.25, 0.3) is 0 Å². The molecule has 2 heterocycles. The van der Waals surface area contributed by atoms with E-state index in [0.717, 1.165) is 45.5 Å². The fourth-order valence-electron chi connectivity index (χ4n) is 3.04. The van der Waals surface area contributed by atoms with Gasteiger partial charge in [-0.25, -0.2) is 0 Å². The Morgan fingerprint density at radius 2 is 1.73 bits per heavy atom. The first-order chi connectivity index (χ1) is 9.79. The van der Waals surface area contributed by atoms with Gasteiger partial charge in [-0.2, -0.15) is 0 Å². The van der Waals surface area contributed by atoms with Crippen molar-refractivity contribution in [3.05, 3.63) is 0 Å². The maximum atomic E-state index is 11.9. The molecule has 2 saturated heterocycles. The standard InChI is InChI=1S/C15H29N3O2.2ClH/c16-7-3-4-15(19)18-10-5-14(6-11-18)20-13-12-17-8-1-2-9-17;;/h14H,1-13,16H2;2*1H. The normalized spacial score (nSPS) is 19.6. The minimum atomic E-state index is 0. The number of rotatable bonds is 7. The molecule has 0 aromatic heterocycles. The monoisotopic (exact) mass is 355 g/mol. The van der Waals surface area contributed by atoms with Gasteiger partial charge >= 0.3 is 0 Å². The van der Waals surface area contributed by atoms with E-state index in [2.05, 4.69) is 4.90 Å². The lowest BCUT2D eigenvalue weighted by molar-refractivity contribution is -0.133. The van der Waals surface area contributed by atoms with Gasteiger partial charge in [0.1, 0.15) is 0 Å². The number of carbonyl (C=O) groups is 1. The first-order valence-electron chi connectivity index (χ1n) is 8.11. The lowest BCUT2D eigenvalue weighted by Crippen LogP contribution is -2.41. The van der Waals surface area contributed by atoms with Crippen molar-refractivity contribution in [2.45, 2.75) is 44.6 Å². The predicted octanol–water partition coefficient (Wildman–Crippen LogP) is 1.67. The zero-order valence-corrected chi connectivity index (χ0v) is 15.0. The van der Waals surface area contributed by atoms with Gasteiger partial charge in [0, 0.05) is 26.1 Å². The van der Waals surface area contributed by atoms with E-state index in [1.165, 1.54) is 25.9 Å². The molecule has 0 aromatic carbocycles. The van der Waals surface area contributed by atoms with Crippen molar-refractivity contribution in [3.63, 3.8) is 0 Å². The highest BCUT2D eigenvalue weighted by Crippen LogP contribution is 2.15. The highest BCUT2D eigenvalue weighted by Gasteiger charge is 2.23. The molecule has 0 unspecified atom stereocenters. The number of piperidine rings is 1. The number of hydrogen-bond acceptors (Lipinski definition) is 4. The summed E-state index contributed by atoms with van der Waals surface area (Å²) in [6, 6.07) is 0. The average Bonchev–Trinajstić information content (AvgIpc) is 2.99. The first-order valence-corrected chi connectivity index (χ1v) is 8.11. The Labute approximate surface area is 146 Å². The molecular weight excluding hydrogens is 325 g/mol. The Hall–Kier alpha value is -0.0700. The van der Waals surface area contributed by atoms with Crippen LogP contribution < -0.4 is 5.73 Å². The zero-order chi connectivity index (χ0) is 14.2. The van der Waals surface area contributed by atoms with Crippen LogP contribution in [0.1, 0.15) is 38.5 Å². The quantitative estimate of drug-likeness (QED) is 0.754. The third-order valence-corrected chi connectivity index (χ3v) is 4.35. The maximum absolute atomic E-state index is 11.9. The first kappa shape index (κ1) is 21.9. The smallest absolute Gasteiger partial charge is 0.222 e. The van der Waals surface area contributed by atoms with Crippen LogP contribution in [0.4, 0.5) is 0 Å². The second-order valence-electron chi connectivity index (χ2n) is 5.89. The molecule has 0 atom stereocenters. The number of amides is 1. The molecule has 7 heteroatoms. The van der Waals surface area contributed by atoms with Gasteiger partial charge in [0.15, 0.2) is 0 Å². The van der Waals surface area contributed by atoms with Gasteiger partial charge in [-0.1, -0.05) is 0 Å². The molecule has 0 aromatic rings. The van der Waals surface area contributed by atoms with Gasteiger partial charge in [-0.05, 0) is 51.7 Å². The highest BCUT2D eigenvalue weighted by molar-refractivity contribution is 5.85. The summed E-state index contributed by atoms with van der Waals surface area (Å²) in [6.45, 7) is 6.66. The molecule has 2 fully saturated rings. The molecule has 0 aliphatic carbocycles. The molecule has 2 aliphatic rings. The highest BCUT2D eigenvalue weighted by atomic mass is 35.5. The van der Waals surface area contributed by atoms with Crippen LogP contribution in [0.15, 0.2) is 0 Å². The Balaban J connectivity index is 0.00000220. The van der Waals surface area contributed by atoms with Crippen LogP contribution in [0.5, 0.6) is 0 Å². The largest absolute Gasteiger partial charge is 0.377 e. The van der Waals surface area contributed by atoms with Crippen molar-refractivity contribution in [1.82, 2.24) is 9.80 Å². The number of likely N-dealkylation sites (tertiary alicyclic amines) is 2. The molecule has 22 heavy (non-hydrogen) atoms. The zero-order valence-electron chi connectivity index (χ0n) is 13.4. The van der Waals surface area contributed by atoms with Crippen LogP contribution in [0.25, 0.3) is 0 Å². The SMILES string of the molecule is Cl.Cl.NCCCC(=O)N1CCC(OCCN2CCCC2)CC1. The molecule has 5 nitrogen and oxygen atoms in total. The molecule has 1 amide bonds. The molecular formula is C15H31Cl2N3O2. The van der Waals surface area contributed by atoms with Crippen LogP contribution in [-0.4, -0.2) is 67.7 Å². The van der Waals surface area contributed by atoms with E-state index in [-0.39, 0.29) is 30.7 Å². The lowest BCUT2D eigenvalue weighted by Gasteiger charge is -2.32. The van der Waals surface area contributed by atoms with Crippen molar-refractivity contribution in [2.24, 2.45) is 5.73 Å². The van der Waals surface area contributed by atoms with E-state index in [9.17, 15) is 4.79 Å². The Morgan fingerprint density at radius 1 is 1.09 bits per heavy atom. The number of nitrogens with zero attached hydrogens (tertiary/aromatic N) is 2. The third kappa shape index (κ3) is 7.47. The van der Waals surface area contributed by atoms with Gasteiger partial charge in [0.05, 0.1) is 12.7 Å². The molecule has 132 valence electrons. The molecule has 0 bridgehead atoms. The van der Waals surface area contributed by atoms with Crippen LogP contribution in [0, 0.1) is 0 Å². The van der Waals surface area contributed by atoms with E-state index in [1.54, 1.807) is 0 Å². The van der Waals surface area contributed by atoms with E-state index >= 15 is 0 Å². The van der Waals surface area contributed by atoms with E-state index in [4.69, 9.17) is 10.5 Å². The fraction of sp³-hybridized carbons (Fsp3) is 0.933. The number of carbonyl (C=O) groups excluding carboxylic acids is 1. The molecule has 0 spiro atoms. The van der Waals surface area contributed by atoms with Gasteiger partial charge in [0.2, 0.25) is 5.91 Å². The summed E-state index contributed by atoms with van der Waals surface area (Å²) in [5.74, 6) is 0.256. The Kier molecular flexibility index (Phi) is 12.3. The number of halogens is 2. The second-order valence-corrected chi connectivity index (χ2v) is 5.89. The number of nitrogens with two attached hydrogens (primary N) is 1. The predicted molar refractivity (Wildman–Crippen MR) is 94.0 cm³/mol. The summed E-state index contributed by atoms with van der Waals surface area (Å²) in [4.78, 5) is 16.3. The van der Waals surface area contributed by atoms with Gasteiger partial charge in [-0.15, -0.1) is 24.8 Å². The van der Waals surface area contributed by atoms with Gasteiger partial charge in [-0.3, -0.25) is 4.79 Å². The third-order valence-electron chi connectivity index (χ3n) is 4.35. The van der Waals surface area contributed by atoms with E-state index in [0.29, 0.717) is 19.1 Å². The minimum Gasteiger partial charge on any atom is -0.377 e. The van der Waals surface area contributed by atoms with E-state index in [1.807, 2.05) is 4.90 Å². The van der Waals surface area contributed by atoms with Gasteiger partial charge < -0.3 is 20.3 Å². The minimum absolute atomic E-state index is 0. The van der Waals surface area contributed by atoms with Crippen LogP contribution >= 0.6 is 24.8 Å². The second kappa shape index (κ2) is 12.4. The fourth-order valence-corrected chi connectivity index (χ4v) is 3.04. The molecule has 2 N–H and O–H groups in total. The molecule has 0 radical (unpaired) electrons. The summed E-state index contributed by atoms with van der Waals surface area (Å²) in [5, 5.41) is 0. The summed E-state index contributed by atoms with van der Waals surface area (Å²) in [7, 11) is 0. The summed E-state index contributed by atoms with van der Waals surface area (Å²) in [5.41, 5.74) is 5.44. The molecule has 2 rings (SSSR count). The van der Waals surface area contributed by atoms with Crippen LogP contribution in [0.3, 0.4) is 0 Å². The van der Waals surface area contributed by atoms with Crippen molar-refractivity contribution in [2.75, 3.05) is 45.9 Å². The van der Waals surface area contributed by atoms with Crippen LogP contribution in [0.2, 0.25) is 0 Å². The summed E-state index contributed by atoms with van der Waals surface area (Å²) < 4.78 is 5.95. The van der Waals surface area contributed by atoms with Crippen molar-refractivity contribution in [3.8, 4) is 0 Å². The Morgan fingerprint density at radius 3 is 2.32 bits per heavy atom. The molecule has 0 saturated carbocycles. The summed E-state index contributed by atoms with van der Waals surface area (Å²) in [6.07, 6.45) is 6.37. The topological polar surface area (TPSA) is 58.8 Å². The summed E-state index contributed by atoms with van der Waals surface area (Å²) >= 11 is 0. The maximum Gasteiger partial charge on any atom is 0.222 e. The average molecular weight is 356 g/mol. The van der Waals surface area contributed by atoms with E-state index < -0.39 is 0 Å². The lowest BCUT2D eigenvalue weighted by atomic mass is 10.1. The molecule has 2 aliphatic heterocycles. The Bertz CT molecular complexity index is 295. The number of ether oxygens (including phenoxy) is 1.